The van der Waals surface area contributed by atoms with Gasteiger partial charge in [0.05, 0.1) is 17.6 Å². The van der Waals surface area contributed by atoms with E-state index in [4.69, 9.17) is 5.26 Å². The van der Waals surface area contributed by atoms with Crippen LogP contribution in [0, 0.1) is 17.2 Å². The second-order valence-corrected chi connectivity index (χ2v) is 6.16. The van der Waals surface area contributed by atoms with Gasteiger partial charge in [0.2, 0.25) is 10.0 Å². The van der Waals surface area contributed by atoms with Gasteiger partial charge in [-0.05, 0) is 18.1 Å². The molecule has 1 rings (SSSR count). The van der Waals surface area contributed by atoms with E-state index in [0.717, 1.165) is 0 Å². The molecule has 0 amide bonds. The number of ether oxygens (including phenoxy) is 1. The third-order valence-electron chi connectivity index (χ3n) is 2.70. The Kier molecular flexibility index (Phi) is 5.25. The highest BCUT2D eigenvalue weighted by Gasteiger charge is 2.30. The van der Waals surface area contributed by atoms with Crippen LogP contribution in [0.4, 0.5) is 0 Å². The van der Waals surface area contributed by atoms with Crippen molar-refractivity contribution >= 4 is 16.0 Å². The summed E-state index contributed by atoms with van der Waals surface area (Å²) < 4.78 is 31.4. The van der Waals surface area contributed by atoms with E-state index in [1.165, 1.54) is 25.3 Å². The van der Waals surface area contributed by atoms with E-state index < -0.39 is 22.0 Å². The van der Waals surface area contributed by atoms with Crippen LogP contribution in [0.3, 0.4) is 0 Å². The fourth-order valence-corrected chi connectivity index (χ4v) is 3.10. The number of nitrogens with zero attached hydrogens (tertiary/aromatic N) is 1. The molecule has 1 unspecified atom stereocenters. The first-order chi connectivity index (χ1) is 9.33. The van der Waals surface area contributed by atoms with Crippen LogP contribution in [0.2, 0.25) is 0 Å². The van der Waals surface area contributed by atoms with Crippen molar-refractivity contribution in [2.45, 2.75) is 24.8 Å². The first-order valence-electron chi connectivity index (χ1n) is 5.92. The Bertz CT molecular complexity index is 632. The maximum absolute atomic E-state index is 12.3. The van der Waals surface area contributed by atoms with Gasteiger partial charge in [-0.3, -0.25) is 4.79 Å². The van der Waals surface area contributed by atoms with E-state index >= 15 is 0 Å². The third-order valence-corrected chi connectivity index (χ3v) is 4.20. The summed E-state index contributed by atoms with van der Waals surface area (Å²) in [5.74, 6) is -0.954. The number of nitriles is 1. The molecule has 0 heterocycles. The number of nitrogens with one attached hydrogen (secondary N) is 1. The number of hydrogen-bond acceptors (Lipinski definition) is 5. The lowest BCUT2D eigenvalue weighted by molar-refractivity contribution is -0.143. The van der Waals surface area contributed by atoms with E-state index in [1.807, 2.05) is 6.07 Å². The molecule has 1 aromatic rings. The van der Waals surface area contributed by atoms with Gasteiger partial charge >= 0.3 is 5.97 Å². The van der Waals surface area contributed by atoms with E-state index in [2.05, 4.69) is 9.46 Å². The fourth-order valence-electron chi connectivity index (χ4n) is 1.61. The number of rotatable bonds is 5. The second-order valence-electron chi connectivity index (χ2n) is 4.47. The lowest BCUT2D eigenvalue weighted by atomic mass is 10.1. The minimum atomic E-state index is -3.98. The molecule has 0 fully saturated rings. The Balaban J connectivity index is 3.17. The van der Waals surface area contributed by atoms with E-state index in [1.54, 1.807) is 19.9 Å². The highest BCUT2D eigenvalue weighted by atomic mass is 32.2. The van der Waals surface area contributed by atoms with Gasteiger partial charge in [0.1, 0.15) is 12.1 Å². The van der Waals surface area contributed by atoms with Crippen molar-refractivity contribution < 1.29 is 17.9 Å². The largest absolute Gasteiger partial charge is 0.468 e. The minimum Gasteiger partial charge on any atom is -0.468 e. The molecule has 0 spiro atoms. The molecular weight excluding hydrogens is 280 g/mol. The molecule has 1 N–H and O–H groups in total. The molecule has 0 saturated carbocycles. The Morgan fingerprint density at radius 2 is 1.95 bits per heavy atom. The molecule has 0 aromatic heterocycles. The van der Waals surface area contributed by atoms with Crippen LogP contribution in [-0.2, 0) is 19.6 Å². The summed E-state index contributed by atoms with van der Waals surface area (Å²) in [6.45, 7) is 3.39. The number of carbonyl (C=O) groups is 1. The molecule has 0 aliphatic carbocycles. The Morgan fingerprint density at radius 3 is 2.45 bits per heavy atom. The van der Waals surface area contributed by atoms with Gasteiger partial charge in [-0.25, -0.2) is 8.42 Å². The lowest BCUT2D eigenvalue weighted by Gasteiger charge is -2.20. The SMILES string of the molecule is COC(=O)C(NS(=O)(=O)c1ccccc1C#N)C(C)C. The summed E-state index contributed by atoms with van der Waals surface area (Å²) in [4.78, 5) is 11.4. The fraction of sp³-hybridized carbons (Fsp3) is 0.385. The predicted molar refractivity (Wildman–Crippen MR) is 72.1 cm³/mol. The van der Waals surface area contributed by atoms with Crippen molar-refractivity contribution in [3.05, 3.63) is 29.8 Å². The number of hydrogen-bond donors (Lipinski definition) is 1. The van der Waals surface area contributed by atoms with Crippen LogP contribution >= 0.6 is 0 Å². The number of esters is 1. The summed E-state index contributed by atoms with van der Waals surface area (Å²) in [6, 6.07) is 6.60. The van der Waals surface area contributed by atoms with Gasteiger partial charge in [0.15, 0.2) is 0 Å². The average molecular weight is 296 g/mol. The lowest BCUT2D eigenvalue weighted by Crippen LogP contribution is -2.45. The number of carbonyl (C=O) groups excluding carboxylic acids is 1. The summed E-state index contributed by atoms with van der Waals surface area (Å²) in [6.07, 6.45) is 0. The van der Waals surface area contributed by atoms with Gasteiger partial charge in [-0.1, -0.05) is 26.0 Å². The first-order valence-corrected chi connectivity index (χ1v) is 7.41. The molecule has 7 heteroatoms. The summed E-state index contributed by atoms with van der Waals surface area (Å²) in [5, 5.41) is 8.95. The topological polar surface area (TPSA) is 96.3 Å². The zero-order chi connectivity index (χ0) is 15.3. The Morgan fingerprint density at radius 1 is 1.35 bits per heavy atom. The normalized spacial score (nSPS) is 12.8. The van der Waals surface area contributed by atoms with Crippen LogP contribution in [0.1, 0.15) is 19.4 Å². The molecule has 0 bridgehead atoms. The van der Waals surface area contributed by atoms with Crippen LogP contribution in [0.5, 0.6) is 0 Å². The highest BCUT2D eigenvalue weighted by Crippen LogP contribution is 2.16. The van der Waals surface area contributed by atoms with Gasteiger partial charge in [0.25, 0.3) is 0 Å². The molecule has 0 radical (unpaired) electrons. The van der Waals surface area contributed by atoms with Crippen molar-refractivity contribution in [3.63, 3.8) is 0 Å². The number of benzene rings is 1. The number of sulfonamides is 1. The van der Waals surface area contributed by atoms with Crippen molar-refractivity contribution in [3.8, 4) is 6.07 Å². The van der Waals surface area contributed by atoms with E-state index in [9.17, 15) is 13.2 Å². The summed E-state index contributed by atoms with van der Waals surface area (Å²) in [7, 11) is -2.79. The Hall–Kier alpha value is -1.91. The van der Waals surface area contributed by atoms with Gasteiger partial charge in [-0.15, -0.1) is 0 Å². The van der Waals surface area contributed by atoms with Crippen LogP contribution in [0.15, 0.2) is 29.2 Å². The van der Waals surface area contributed by atoms with Crippen molar-refractivity contribution in [1.29, 1.82) is 5.26 Å². The zero-order valence-corrected chi connectivity index (χ0v) is 12.3. The predicted octanol–water partition coefficient (Wildman–Crippen LogP) is 1.03. The summed E-state index contributed by atoms with van der Waals surface area (Å²) >= 11 is 0. The van der Waals surface area contributed by atoms with Crippen molar-refractivity contribution in [1.82, 2.24) is 4.72 Å². The van der Waals surface area contributed by atoms with Crippen LogP contribution in [-0.4, -0.2) is 27.5 Å². The molecule has 0 aliphatic rings. The van der Waals surface area contributed by atoms with Crippen LogP contribution in [0.25, 0.3) is 0 Å². The zero-order valence-electron chi connectivity index (χ0n) is 11.5. The first kappa shape index (κ1) is 16.1. The molecule has 0 aliphatic heterocycles. The van der Waals surface area contributed by atoms with Gasteiger partial charge in [0, 0.05) is 0 Å². The highest BCUT2D eigenvalue weighted by molar-refractivity contribution is 7.89. The minimum absolute atomic E-state index is 0.0207. The molecule has 1 atom stereocenters. The molecule has 6 nitrogen and oxygen atoms in total. The smallest absolute Gasteiger partial charge is 0.324 e. The maximum Gasteiger partial charge on any atom is 0.324 e. The average Bonchev–Trinajstić information content (AvgIpc) is 2.43. The molecular formula is C13H16N2O4S. The van der Waals surface area contributed by atoms with Crippen LogP contribution < -0.4 is 4.72 Å². The van der Waals surface area contributed by atoms with Gasteiger partial charge in [-0.2, -0.15) is 9.98 Å². The molecule has 0 saturated heterocycles. The molecule has 108 valence electrons. The second kappa shape index (κ2) is 6.50. The van der Waals surface area contributed by atoms with E-state index in [0.29, 0.717) is 0 Å². The van der Waals surface area contributed by atoms with E-state index in [-0.39, 0.29) is 16.4 Å². The molecule has 20 heavy (non-hydrogen) atoms. The van der Waals surface area contributed by atoms with Crippen molar-refractivity contribution in [2.75, 3.05) is 7.11 Å². The monoisotopic (exact) mass is 296 g/mol. The summed E-state index contributed by atoms with van der Waals surface area (Å²) in [5.41, 5.74) is 0.0207. The van der Waals surface area contributed by atoms with Crippen molar-refractivity contribution in [2.24, 2.45) is 5.92 Å². The third kappa shape index (κ3) is 3.56. The molecule has 1 aromatic carbocycles. The Labute approximate surface area is 118 Å². The van der Waals surface area contributed by atoms with Gasteiger partial charge < -0.3 is 4.74 Å². The maximum atomic E-state index is 12.3. The number of methoxy groups -OCH3 is 1. The standard InChI is InChI=1S/C13H16N2O4S/c1-9(2)12(13(16)19-3)15-20(17,18)11-7-5-4-6-10(11)8-14/h4-7,9,12,15H,1-3H3. The quantitative estimate of drug-likeness (QED) is 0.819.